The fraction of sp³-hybridized carbons (Fsp3) is 0.333. The summed E-state index contributed by atoms with van der Waals surface area (Å²) in [4.78, 5) is 20.5. The van der Waals surface area contributed by atoms with Gasteiger partial charge in [0.1, 0.15) is 11.8 Å². The Balaban J connectivity index is 2.26. The van der Waals surface area contributed by atoms with E-state index >= 15 is 0 Å². The summed E-state index contributed by atoms with van der Waals surface area (Å²) in [6.07, 6.45) is 3.39. The number of hydrogen-bond acceptors (Lipinski definition) is 5. The van der Waals surface area contributed by atoms with Gasteiger partial charge in [-0.05, 0) is 20.8 Å². The van der Waals surface area contributed by atoms with Crippen molar-refractivity contribution >= 4 is 17.1 Å². The summed E-state index contributed by atoms with van der Waals surface area (Å²) >= 11 is 0. The Kier molecular flexibility index (Phi) is 2.66. The van der Waals surface area contributed by atoms with Gasteiger partial charge in [0.05, 0.1) is 12.0 Å². The van der Waals surface area contributed by atoms with Gasteiger partial charge < -0.3 is 10.3 Å². The Bertz CT molecular complexity index is 725. The quantitative estimate of drug-likeness (QED) is 0.744. The standard InChI is InChI=1S/C12H15N7/c1-4-13-12-17-10-9(14-5-15-10)11(18-12)19-6-16-7(2)8(19)3/h5-6H,4H2,1-3H3,(H2,13,14,15,17,18). The van der Waals surface area contributed by atoms with Crippen LogP contribution in [0, 0.1) is 13.8 Å². The molecule has 0 saturated heterocycles. The van der Waals surface area contributed by atoms with Gasteiger partial charge in [-0.25, -0.2) is 9.97 Å². The van der Waals surface area contributed by atoms with Crippen LogP contribution in [0.4, 0.5) is 5.95 Å². The maximum Gasteiger partial charge on any atom is 0.226 e. The molecule has 0 aliphatic heterocycles. The van der Waals surface area contributed by atoms with Crippen LogP contribution in [-0.2, 0) is 0 Å². The van der Waals surface area contributed by atoms with Gasteiger partial charge in [0.15, 0.2) is 11.5 Å². The van der Waals surface area contributed by atoms with E-state index in [0.29, 0.717) is 11.6 Å². The molecule has 0 radical (unpaired) electrons. The van der Waals surface area contributed by atoms with Crippen LogP contribution in [0.25, 0.3) is 17.0 Å². The molecule has 0 aliphatic carbocycles. The van der Waals surface area contributed by atoms with Crippen molar-refractivity contribution in [2.45, 2.75) is 20.8 Å². The first-order chi connectivity index (χ1) is 9.20. The minimum absolute atomic E-state index is 0.572. The highest BCUT2D eigenvalue weighted by Crippen LogP contribution is 2.20. The summed E-state index contributed by atoms with van der Waals surface area (Å²) in [6, 6.07) is 0. The molecule has 3 rings (SSSR count). The average Bonchev–Trinajstić information content (AvgIpc) is 2.98. The van der Waals surface area contributed by atoms with Gasteiger partial charge in [-0.2, -0.15) is 9.97 Å². The van der Waals surface area contributed by atoms with Crippen molar-refractivity contribution in [1.82, 2.24) is 29.5 Å². The first-order valence-electron chi connectivity index (χ1n) is 6.16. The number of fused-ring (bicyclic) bond motifs is 1. The normalized spacial score (nSPS) is 11.1. The van der Waals surface area contributed by atoms with Gasteiger partial charge in [-0.1, -0.05) is 0 Å². The van der Waals surface area contributed by atoms with Gasteiger partial charge in [0.25, 0.3) is 0 Å². The second-order valence-electron chi connectivity index (χ2n) is 4.29. The molecule has 0 aromatic carbocycles. The second-order valence-corrected chi connectivity index (χ2v) is 4.29. The fourth-order valence-corrected chi connectivity index (χ4v) is 1.94. The van der Waals surface area contributed by atoms with E-state index in [2.05, 4.69) is 30.2 Å². The van der Waals surface area contributed by atoms with E-state index in [9.17, 15) is 0 Å². The molecule has 0 saturated carbocycles. The summed E-state index contributed by atoms with van der Waals surface area (Å²) in [6.45, 7) is 6.75. The molecule has 7 nitrogen and oxygen atoms in total. The topological polar surface area (TPSA) is 84.3 Å². The lowest BCUT2D eigenvalue weighted by Gasteiger charge is -2.08. The Morgan fingerprint density at radius 1 is 1.26 bits per heavy atom. The van der Waals surface area contributed by atoms with Crippen LogP contribution in [0.2, 0.25) is 0 Å². The molecule has 0 atom stereocenters. The van der Waals surface area contributed by atoms with Crippen molar-refractivity contribution in [2.75, 3.05) is 11.9 Å². The number of rotatable bonds is 3. The number of nitrogens with zero attached hydrogens (tertiary/aromatic N) is 5. The molecular formula is C12H15N7. The van der Waals surface area contributed by atoms with Crippen molar-refractivity contribution in [1.29, 1.82) is 0 Å². The zero-order chi connectivity index (χ0) is 13.4. The highest BCUT2D eigenvalue weighted by atomic mass is 15.2. The zero-order valence-electron chi connectivity index (χ0n) is 11.1. The van der Waals surface area contributed by atoms with Crippen molar-refractivity contribution < 1.29 is 0 Å². The van der Waals surface area contributed by atoms with E-state index in [1.54, 1.807) is 12.7 Å². The molecule has 3 aromatic heterocycles. The van der Waals surface area contributed by atoms with E-state index in [0.717, 1.165) is 29.3 Å². The maximum absolute atomic E-state index is 4.54. The van der Waals surface area contributed by atoms with Crippen molar-refractivity contribution in [3.63, 3.8) is 0 Å². The minimum Gasteiger partial charge on any atom is -0.354 e. The predicted molar refractivity (Wildman–Crippen MR) is 72.4 cm³/mol. The molecule has 0 spiro atoms. The number of anilines is 1. The average molecular weight is 257 g/mol. The number of aromatic amines is 1. The van der Waals surface area contributed by atoms with Crippen LogP contribution in [0.15, 0.2) is 12.7 Å². The SMILES string of the molecule is CCNc1nc(-n2cnc(C)c2C)c2[nH]cnc2n1. The van der Waals surface area contributed by atoms with Gasteiger partial charge in [0, 0.05) is 12.2 Å². The van der Waals surface area contributed by atoms with E-state index in [4.69, 9.17) is 0 Å². The van der Waals surface area contributed by atoms with Gasteiger partial charge in [-0.15, -0.1) is 0 Å². The monoisotopic (exact) mass is 257 g/mol. The lowest BCUT2D eigenvalue weighted by molar-refractivity contribution is 0.944. The number of hydrogen-bond donors (Lipinski definition) is 2. The molecule has 98 valence electrons. The van der Waals surface area contributed by atoms with Gasteiger partial charge in [-0.3, -0.25) is 4.57 Å². The van der Waals surface area contributed by atoms with Crippen LogP contribution in [-0.4, -0.2) is 36.0 Å². The Morgan fingerprint density at radius 3 is 2.79 bits per heavy atom. The Hall–Kier alpha value is -2.44. The third-order valence-corrected chi connectivity index (χ3v) is 3.08. The number of imidazole rings is 2. The van der Waals surface area contributed by atoms with E-state index in [1.165, 1.54) is 0 Å². The molecule has 0 amide bonds. The molecule has 3 aromatic rings. The molecule has 0 unspecified atom stereocenters. The molecule has 0 aliphatic rings. The highest BCUT2D eigenvalue weighted by molar-refractivity contribution is 5.79. The third kappa shape index (κ3) is 1.83. The Morgan fingerprint density at radius 2 is 2.11 bits per heavy atom. The number of nitrogens with one attached hydrogen (secondary N) is 2. The summed E-state index contributed by atoms with van der Waals surface area (Å²) < 4.78 is 1.94. The molecule has 19 heavy (non-hydrogen) atoms. The number of H-pyrrole nitrogens is 1. The molecule has 0 bridgehead atoms. The smallest absolute Gasteiger partial charge is 0.226 e. The van der Waals surface area contributed by atoms with E-state index in [-0.39, 0.29) is 0 Å². The minimum atomic E-state index is 0.572. The summed E-state index contributed by atoms with van der Waals surface area (Å²) in [5.41, 5.74) is 3.49. The van der Waals surface area contributed by atoms with Gasteiger partial charge in [0.2, 0.25) is 5.95 Å². The van der Waals surface area contributed by atoms with E-state index in [1.807, 2.05) is 25.3 Å². The van der Waals surface area contributed by atoms with Crippen molar-refractivity contribution in [2.24, 2.45) is 0 Å². The molecule has 7 heteroatoms. The first-order valence-corrected chi connectivity index (χ1v) is 6.16. The fourth-order valence-electron chi connectivity index (χ4n) is 1.94. The highest BCUT2D eigenvalue weighted by Gasteiger charge is 2.14. The van der Waals surface area contributed by atoms with Crippen molar-refractivity contribution in [3.8, 4) is 5.82 Å². The summed E-state index contributed by atoms with van der Waals surface area (Å²) in [5.74, 6) is 1.33. The molecule has 0 fully saturated rings. The van der Waals surface area contributed by atoms with Gasteiger partial charge >= 0.3 is 0 Å². The van der Waals surface area contributed by atoms with Crippen LogP contribution in [0.3, 0.4) is 0 Å². The van der Waals surface area contributed by atoms with Crippen LogP contribution in [0.1, 0.15) is 18.3 Å². The van der Waals surface area contributed by atoms with Crippen LogP contribution < -0.4 is 5.32 Å². The predicted octanol–water partition coefficient (Wildman–Crippen LogP) is 1.59. The number of aryl methyl sites for hydroxylation is 1. The van der Waals surface area contributed by atoms with Crippen LogP contribution in [0.5, 0.6) is 0 Å². The van der Waals surface area contributed by atoms with Crippen molar-refractivity contribution in [3.05, 3.63) is 24.0 Å². The second kappa shape index (κ2) is 4.34. The zero-order valence-corrected chi connectivity index (χ0v) is 11.1. The molecular weight excluding hydrogens is 242 g/mol. The first kappa shape index (κ1) is 11.6. The lowest BCUT2D eigenvalue weighted by Crippen LogP contribution is -2.07. The largest absolute Gasteiger partial charge is 0.354 e. The Labute approximate surface area is 110 Å². The third-order valence-electron chi connectivity index (χ3n) is 3.08. The summed E-state index contributed by atoms with van der Waals surface area (Å²) in [7, 11) is 0. The molecule has 2 N–H and O–H groups in total. The van der Waals surface area contributed by atoms with E-state index < -0.39 is 0 Å². The number of aromatic nitrogens is 6. The summed E-state index contributed by atoms with van der Waals surface area (Å²) in [5, 5.41) is 3.12. The molecule has 3 heterocycles. The maximum atomic E-state index is 4.54. The lowest BCUT2D eigenvalue weighted by atomic mass is 10.3. The van der Waals surface area contributed by atoms with Crippen LogP contribution >= 0.6 is 0 Å².